The van der Waals surface area contributed by atoms with Crippen molar-refractivity contribution in [3.63, 3.8) is 0 Å². The van der Waals surface area contributed by atoms with E-state index in [1.54, 1.807) is 0 Å². The van der Waals surface area contributed by atoms with Crippen LogP contribution in [0.5, 0.6) is 0 Å². The molecule has 1 aliphatic rings. The highest BCUT2D eigenvalue weighted by atomic mass is 16.5. The van der Waals surface area contributed by atoms with Crippen molar-refractivity contribution in [3.8, 4) is 0 Å². The van der Waals surface area contributed by atoms with Crippen LogP contribution < -0.4 is 5.73 Å². The summed E-state index contributed by atoms with van der Waals surface area (Å²) in [5.74, 6) is 1.83. The highest BCUT2D eigenvalue weighted by Gasteiger charge is 2.25. The number of aromatic nitrogens is 2. The summed E-state index contributed by atoms with van der Waals surface area (Å²) in [6, 6.07) is 0.0770. The number of nitrogens with two attached hydrogens (primary N) is 1. The van der Waals surface area contributed by atoms with Crippen molar-refractivity contribution in [1.29, 1.82) is 0 Å². The van der Waals surface area contributed by atoms with E-state index in [2.05, 4.69) is 17.1 Å². The van der Waals surface area contributed by atoms with Crippen molar-refractivity contribution in [2.45, 2.75) is 44.6 Å². The van der Waals surface area contributed by atoms with E-state index < -0.39 is 0 Å². The third-order valence-electron chi connectivity index (χ3n) is 3.26. The minimum atomic E-state index is 0.0770. The molecule has 3 unspecified atom stereocenters. The number of ether oxygens (including phenoxy) is 1. The first-order valence-electron chi connectivity index (χ1n) is 5.89. The molecule has 1 saturated heterocycles. The molecule has 2 N–H and O–H groups in total. The molecule has 0 aromatic carbocycles. The Hall–Kier alpha value is -0.940. The minimum absolute atomic E-state index is 0.0770. The van der Waals surface area contributed by atoms with Crippen LogP contribution in [0.1, 0.15) is 50.2 Å². The van der Waals surface area contributed by atoms with Crippen molar-refractivity contribution < 1.29 is 9.26 Å². The largest absolute Gasteiger partial charge is 0.381 e. The summed E-state index contributed by atoms with van der Waals surface area (Å²) in [6.07, 6.45) is 1.89. The lowest BCUT2D eigenvalue weighted by Crippen LogP contribution is -2.25. The Morgan fingerprint density at radius 1 is 1.56 bits per heavy atom. The second kappa shape index (κ2) is 4.93. The molecule has 1 aromatic heterocycles. The number of hydrogen-bond donors (Lipinski definition) is 1. The van der Waals surface area contributed by atoms with Crippen LogP contribution in [0.25, 0.3) is 0 Å². The molecule has 1 fully saturated rings. The molecule has 0 spiro atoms. The average Bonchev–Trinajstić information content (AvgIpc) is 2.96. The zero-order valence-corrected chi connectivity index (χ0v) is 9.85. The third-order valence-corrected chi connectivity index (χ3v) is 3.26. The van der Waals surface area contributed by atoms with Crippen molar-refractivity contribution >= 4 is 0 Å². The molecule has 0 saturated carbocycles. The van der Waals surface area contributed by atoms with Crippen LogP contribution in [0.4, 0.5) is 0 Å². The quantitative estimate of drug-likeness (QED) is 0.838. The molecule has 5 heteroatoms. The van der Waals surface area contributed by atoms with Gasteiger partial charge in [-0.3, -0.25) is 0 Å². The van der Waals surface area contributed by atoms with E-state index in [1.165, 1.54) is 0 Å². The lowest BCUT2D eigenvalue weighted by Gasteiger charge is -2.13. The van der Waals surface area contributed by atoms with Crippen LogP contribution in [0.2, 0.25) is 0 Å². The summed E-state index contributed by atoms with van der Waals surface area (Å²) >= 11 is 0. The van der Waals surface area contributed by atoms with Gasteiger partial charge in [0, 0.05) is 18.6 Å². The standard InChI is InChI=1S/C11H19N3O2/c1-3-9(12)7(2)11-13-10(14-16-11)8-4-5-15-6-8/h7-9H,3-6,12H2,1-2H3. The van der Waals surface area contributed by atoms with Crippen LogP contribution >= 0.6 is 0 Å². The Morgan fingerprint density at radius 2 is 2.38 bits per heavy atom. The topological polar surface area (TPSA) is 74.2 Å². The smallest absolute Gasteiger partial charge is 0.231 e. The fourth-order valence-corrected chi connectivity index (χ4v) is 1.87. The summed E-state index contributed by atoms with van der Waals surface area (Å²) in [5.41, 5.74) is 5.96. The van der Waals surface area contributed by atoms with Crippen molar-refractivity contribution in [1.82, 2.24) is 10.1 Å². The van der Waals surface area contributed by atoms with E-state index in [9.17, 15) is 0 Å². The van der Waals surface area contributed by atoms with E-state index in [4.69, 9.17) is 15.0 Å². The SMILES string of the molecule is CCC(N)C(C)c1nc(C2CCOC2)no1. The summed E-state index contributed by atoms with van der Waals surface area (Å²) in [5, 5.41) is 4.01. The van der Waals surface area contributed by atoms with Gasteiger partial charge in [-0.1, -0.05) is 19.0 Å². The maximum atomic E-state index is 5.96. The van der Waals surface area contributed by atoms with Gasteiger partial charge in [-0.2, -0.15) is 4.98 Å². The van der Waals surface area contributed by atoms with E-state index in [1.807, 2.05) is 6.92 Å². The molecule has 90 valence electrons. The summed E-state index contributed by atoms with van der Waals surface area (Å²) in [6.45, 7) is 5.58. The molecule has 0 radical (unpaired) electrons. The maximum Gasteiger partial charge on any atom is 0.231 e. The van der Waals surface area contributed by atoms with Gasteiger partial charge in [-0.25, -0.2) is 0 Å². The van der Waals surface area contributed by atoms with Crippen LogP contribution in [-0.2, 0) is 4.74 Å². The molecule has 0 amide bonds. The van der Waals surface area contributed by atoms with Crippen molar-refractivity contribution in [3.05, 3.63) is 11.7 Å². The number of rotatable bonds is 4. The van der Waals surface area contributed by atoms with Gasteiger partial charge in [0.25, 0.3) is 0 Å². The highest BCUT2D eigenvalue weighted by molar-refractivity contribution is 5.01. The Morgan fingerprint density at radius 3 is 3.00 bits per heavy atom. The monoisotopic (exact) mass is 225 g/mol. The molecule has 1 aromatic rings. The van der Waals surface area contributed by atoms with Crippen molar-refractivity contribution in [2.24, 2.45) is 5.73 Å². The molecular weight excluding hydrogens is 206 g/mol. The number of hydrogen-bond acceptors (Lipinski definition) is 5. The molecule has 2 heterocycles. The summed E-state index contributed by atoms with van der Waals surface area (Å²) < 4.78 is 10.6. The van der Waals surface area contributed by atoms with Gasteiger partial charge < -0.3 is 15.0 Å². The molecule has 5 nitrogen and oxygen atoms in total. The average molecular weight is 225 g/mol. The lowest BCUT2D eigenvalue weighted by molar-refractivity contribution is 0.192. The first-order valence-corrected chi connectivity index (χ1v) is 5.89. The van der Waals surface area contributed by atoms with Gasteiger partial charge in [-0.15, -0.1) is 0 Å². The van der Waals surface area contributed by atoms with E-state index in [0.717, 1.165) is 25.3 Å². The van der Waals surface area contributed by atoms with E-state index in [0.29, 0.717) is 18.4 Å². The van der Waals surface area contributed by atoms with Gasteiger partial charge in [0.15, 0.2) is 5.82 Å². The second-order valence-corrected chi connectivity index (χ2v) is 4.41. The predicted octanol–water partition coefficient (Wildman–Crippen LogP) is 1.41. The Balaban J connectivity index is 2.06. The minimum Gasteiger partial charge on any atom is -0.381 e. The molecular formula is C11H19N3O2. The maximum absolute atomic E-state index is 5.96. The second-order valence-electron chi connectivity index (χ2n) is 4.41. The molecule has 0 bridgehead atoms. The molecule has 1 aliphatic heterocycles. The fraction of sp³-hybridized carbons (Fsp3) is 0.818. The summed E-state index contributed by atoms with van der Waals surface area (Å²) in [7, 11) is 0. The first-order chi connectivity index (χ1) is 7.72. The van der Waals surface area contributed by atoms with Gasteiger partial charge in [0.1, 0.15) is 0 Å². The Bertz CT molecular complexity index is 334. The van der Waals surface area contributed by atoms with Gasteiger partial charge in [0.2, 0.25) is 5.89 Å². The van der Waals surface area contributed by atoms with Crippen LogP contribution in [0, 0.1) is 0 Å². The zero-order valence-electron chi connectivity index (χ0n) is 9.85. The molecule has 2 rings (SSSR count). The van der Waals surface area contributed by atoms with Crippen LogP contribution in [0.15, 0.2) is 4.52 Å². The van der Waals surface area contributed by atoms with E-state index in [-0.39, 0.29) is 12.0 Å². The Labute approximate surface area is 95.3 Å². The predicted molar refractivity (Wildman–Crippen MR) is 59.2 cm³/mol. The van der Waals surface area contributed by atoms with Gasteiger partial charge in [-0.05, 0) is 12.8 Å². The van der Waals surface area contributed by atoms with Crippen LogP contribution in [0.3, 0.4) is 0 Å². The molecule has 16 heavy (non-hydrogen) atoms. The number of nitrogens with zero attached hydrogens (tertiary/aromatic N) is 2. The fourth-order valence-electron chi connectivity index (χ4n) is 1.87. The van der Waals surface area contributed by atoms with Gasteiger partial charge >= 0.3 is 0 Å². The Kier molecular flexibility index (Phi) is 3.56. The van der Waals surface area contributed by atoms with Crippen molar-refractivity contribution in [2.75, 3.05) is 13.2 Å². The van der Waals surface area contributed by atoms with Crippen LogP contribution in [-0.4, -0.2) is 29.4 Å². The highest BCUT2D eigenvalue weighted by Crippen LogP contribution is 2.25. The van der Waals surface area contributed by atoms with Gasteiger partial charge in [0.05, 0.1) is 12.5 Å². The third kappa shape index (κ3) is 2.25. The zero-order chi connectivity index (χ0) is 11.5. The summed E-state index contributed by atoms with van der Waals surface area (Å²) in [4.78, 5) is 4.42. The molecule has 3 atom stereocenters. The van der Waals surface area contributed by atoms with E-state index >= 15 is 0 Å². The molecule has 0 aliphatic carbocycles. The lowest BCUT2D eigenvalue weighted by atomic mass is 10.0. The normalized spacial score (nSPS) is 24.6. The first kappa shape index (κ1) is 11.5.